The maximum Gasteiger partial charge on any atom is 0.405 e. The molecule has 0 radical (unpaired) electrons. The Morgan fingerprint density at radius 3 is 2.84 bits per heavy atom. The highest BCUT2D eigenvalue weighted by Crippen LogP contribution is 2.45. The summed E-state index contributed by atoms with van der Waals surface area (Å²) in [5.41, 5.74) is -0.874. The van der Waals surface area contributed by atoms with Crippen LogP contribution < -0.4 is 11.2 Å². The number of aromatic nitrogens is 2. The van der Waals surface area contributed by atoms with Crippen LogP contribution >= 0.6 is 7.75 Å². The van der Waals surface area contributed by atoms with E-state index in [1.165, 1.54) is 20.2 Å². The predicted molar refractivity (Wildman–Crippen MR) is 86.1 cm³/mol. The monoisotopic (exact) mass is 379 g/mol. The van der Waals surface area contributed by atoms with Crippen LogP contribution in [-0.4, -0.2) is 68.3 Å². The largest absolute Gasteiger partial charge is 0.405 e. The first kappa shape index (κ1) is 20.0. The Balaban J connectivity index is 2.05. The van der Waals surface area contributed by atoms with Crippen molar-refractivity contribution in [2.45, 2.75) is 31.8 Å². The van der Waals surface area contributed by atoms with Gasteiger partial charge in [-0.25, -0.2) is 14.0 Å². The molecule has 11 nitrogen and oxygen atoms in total. The van der Waals surface area contributed by atoms with Crippen LogP contribution in [0.3, 0.4) is 0 Å². The molecule has 4 N–H and O–H groups in total. The van der Waals surface area contributed by atoms with Crippen molar-refractivity contribution in [2.75, 3.05) is 26.8 Å². The van der Waals surface area contributed by atoms with Gasteiger partial charge in [-0.3, -0.25) is 18.9 Å². The molecule has 1 unspecified atom stereocenters. The number of aliphatic hydroxyl groups excluding tert-OH is 2. The van der Waals surface area contributed by atoms with E-state index in [0.717, 1.165) is 9.24 Å². The molecule has 1 fully saturated rings. The lowest BCUT2D eigenvalue weighted by Crippen LogP contribution is -2.33. The minimum absolute atomic E-state index is 0.0572. The van der Waals surface area contributed by atoms with E-state index in [0.29, 0.717) is 5.56 Å². The summed E-state index contributed by atoms with van der Waals surface area (Å²) in [5.74, 6) is 0. The topological polar surface area (TPSA) is 154 Å². The van der Waals surface area contributed by atoms with Gasteiger partial charge >= 0.3 is 13.4 Å². The molecular formula is C13H22N3O8P. The zero-order valence-electron chi connectivity index (χ0n) is 13.9. The number of aryl methyl sites for hydroxylation is 1. The molecule has 12 heteroatoms. The Kier molecular flexibility index (Phi) is 6.33. The minimum atomic E-state index is -4.13. The zero-order chi connectivity index (χ0) is 18.8. The van der Waals surface area contributed by atoms with E-state index in [1.807, 2.05) is 0 Å². The third kappa shape index (κ3) is 4.64. The molecule has 0 saturated carbocycles. The number of nitrogens with one attached hydrogen (secondary N) is 1. The van der Waals surface area contributed by atoms with E-state index in [-0.39, 0.29) is 26.2 Å². The number of likely N-dealkylation sites (N-methyl/N-ethyl adjacent to an activating group) is 1. The van der Waals surface area contributed by atoms with E-state index in [9.17, 15) is 24.2 Å². The summed E-state index contributed by atoms with van der Waals surface area (Å²) in [7, 11) is -2.81. The van der Waals surface area contributed by atoms with Gasteiger partial charge in [0.2, 0.25) is 0 Å². The van der Waals surface area contributed by atoms with Crippen molar-refractivity contribution in [3.63, 3.8) is 0 Å². The molecule has 0 aromatic carbocycles. The molecular weight excluding hydrogens is 357 g/mol. The highest BCUT2D eigenvalue weighted by molar-refractivity contribution is 7.50. The van der Waals surface area contributed by atoms with Crippen LogP contribution in [0.15, 0.2) is 15.8 Å². The zero-order valence-corrected chi connectivity index (χ0v) is 14.8. The highest BCUT2D eigenvalue weighted by Gasteiger charge is 2.38. The Labute approximate surface area is 143 Å². The number of ether oxygens (including phenoxy) is 1. The highest BCUT2D eigenvalue weighted by atomic mass is 31.2. The van der Waals surface area contributed by atoms with E-state index >= 15 is 0 Å². The van der Waals surface area contributed by atoms with Gasteiger partial charge in [0.1, 0.15) is 12.3 Å². The average molecular weight is 379 g/mol. The molecule has 1 saturated heterocycles. The number of aliphatic hydroxyl groups is 2. The second-order valence-corrected chi connectivity index (χ2v) is 7.72. The summed E-state index contributed by atoms with van der Waals surface area (Å²) in [5, 5.41) is 18.9. The maximum absolute atomic E-state index is 12.0. The van der Waals surface area contributed by atoms with E-state index < -0.39 is 37.4 Å². The average Bonchev–Trinajstić information content (AvgIpc) is 2.90. The normalized spacial score (nSPS) is 26.1. The molecule has 1 aliphatic heterocycles. The molecule has 1 aromatic heterocycles. The second kappa shape index (κ2) is 7.92. The number of hydrogen-bond donors (Lipinski definition) is 4. The first-order chi connectivity index (χ1) is 11.7. The molecule has 1 aliphatic rings. The minimum Gasteiger partial charge on any atom is -0.395 e. The van der Waals surface area contributed by atoms with Crippen molar-refractivity contribution in [3.05, 3.63) is 32.6 Å². The van der Waals surface area contributed by atoms with Crippen LogP contribution in [0, 0.1) is 6.92 Å². The Morgan fingerprint density at radius 1 is 1.52 bits per heavy atom. The Hall–Kier alpha value is -1.33. The van der Waals surface area contributed by atoms with E-state index in [4.69, 9.17) is 14.4 Å². The van der Waals surface area contributed by atoms with Crippen molar-refractivity contribution in [2.24, 2.45) is 0 Å². The van der Waals surface area contributed by atoms with Crippen molar-refractivity contribution in [1.82, 2.24) is 14.2 Å². The third-order valence-corrected chi connectivity index (χ3v) is 5.47. The van der Waals surface area contributed by atoms with Gasteiger partial charge in [-0.2, -0.15) is 0 Å². The van der Waals surface area contributed by atoms with Gasteiger partial charge in [0.05, 0.1) is 19.3 Å². The molecule has 0 aliphatic carbocycles. The van der Waals surface area contributed by atoms with Crippen molar-refractivity contribution in [3.8, 4) is 0 Å². The first-order valence-electron chi connectivity index (χ1n) is 7.61. The van der Waals surface area contributed by atoms with Crippen LogP contribution in [0.5, 0.6) is 0 Å². The van der Waals surface area contributed by atoms with Crippen LogP contribution in [-0.2, 0) is 13.8 Å². The lowest BCUT2D eigenvalue weighted by atomic mass is 10.2. The fourth-order valence-electron chi connectivity index (χ4n) is 2.38. The summed E-state index contributed by atoms with van der Waals surface area (Å²) < 4.78 is 24.6. The van der Waals surface area contributed by atoms with E-state index in [2.05, 4.69) is 4.98 Å². The SMILES string of the molecule is Cc1cn([C@H]2C[C@H](O)[C@@H](COP(=O)(O)N(C)CCO)O2)c(=O)[nH]c1=O. The van der Waals surface area contributed by atoms with Crippen LogP contribution in [0.1, 0.15) is 18.2 Å². The van der Waals surface area contributed by atoms with E-state index in [1.54, 1.807) is 0 Å². The van der Waals surface area contributed by atoms with Gasteiger partial charge in [0, 0.05) is 24.7 Å². The van der Waals surface area contributed by atoms with Gasteiger partial charge in [-0.05, 0) is 14.0 Å². The summed E-state index contributed by atoms with van der Waals surface area (Å²) >= 11 is 0. The summed E-state index contributed by atoms with van der Waals surface area (Å²) in [6, 6.07) is 0. The first-order valence-corrected chi connectivity index (χ1v) is 9.14. The standard InChI is InChI=1S/C13H22N3O8P/c1-8-6-16(13(20)14-12(8)19)11-5-9(18)10(24-11)7-23-25(21,22)15(2)3-4-17/h6,9-11,17-18H,3-5,7H2,1-2H3,(H,21,22)(H,14,19,20)/t9-,10+,11+/m0/s1. The number of H-pyrrole nitrogens is 1. The van der Waals surface area contributed by atoms with Gasteiger partial charge in [-0.15, -0.1) is 0 Å². The molecule has 4 atom stereocenters. The number of rotatable bonds is 7. The molecule has 0 spiro atoms. The third-order valence-electron chi connectivity index (χ3n) is 3.92. The predicted octanol–water partition coefficient (Wildman–Crippen LogP) is -1.47. The lowest BCUT2D eigenvalue weighted by Gasteiger charge is -2.23. The van der Waals surface area contributed by atoms with Crippen molar-refractivity contribution >= 4 is 7.75 Å². The van der Waals surface area contributed by atoms with Gasteiger partial charge in [0.15, 0.2) is 0 Å². The molecule has 0 amide bonds. The summed E-state index contributed by atoms with van der Waals surface area (Å²) in [6.45, 7) is 0.776. The molecule has 0 bridgehead atoms. The lowest BCUT2D eigenvalue weighted by molar-refractivity contribution is -0.0442. The van der Waals surface area contributed by atoms with Crippen LogP contribution in [0.2, 0.25) is 0 Å². The van der Waals surface area contributed by atoms with Gasteiger partial charge in [-0.1, -0.05) is 0 Å². The van der Waals surface area contributed by atoms with Crippen molar-refractivity contribution < 1.29 is 28.9 Å². The molecule has 1 aromatic rings. The molecule has 2 rings (SSSR count). The molecule has 142 valence electrons. The number of hydrogen-bond acceptors (Lipinski definition) is 7. The van der Waals surface area contributed by atoms with Gasteiger partial charge in [0.25, 0.3) is 5.56 Å². The Morgan fingerprint density at radius 2 is 2.20 bits per heavy atom. The number of nitrogens with zero attached hydrogens (tertiary/aromatic N) is 2. The summed E-state index contributed by atoms with van der Waals surface area (Å²) in [4.78, 5) is 35.2. The maximum atomic E-state index is 12.0. The summed E-state index contributed by atoms with van der Waals surface area (Å²) in [6.07, 6.45) is -1.39. The van der Waals surface area contributed by atoms with Gasteiger partial charge < -0.3 is 19.8 Å². The Bertz CT molecular complexity index is 762. The second-order valence-electron chi connectivity index (χ2n) is 5.80. The molecule has 25 heavy (non-hydrogen) atoms. The van der Waals surface area contributed by atoms with Crippen LogP contribution in [0.25, 0.3) is 0 Å². The smallest absolute Gasteiger partial charge is 0.395 e. The van der Waals surface area contributed by atoms with Crippen molar-refractivity contribution in [1.29, 1.82) is 0 Å². The quantitative estimate of drug-likeness (QED) is 0.416. The molecule has 2 heterocycles. The fraction of sp³-hybridized carbons (Fsp3) is 0.692. The number of aromatic amines is 1. The van der Waals surface area contributed by atoms with Crippen LogP contribution in [0.4, 0.5) is 0 Å². The fourth-order valence-corrected chi connectivity index (χ4v) is 3.26.